The summed E-state index contributed by atoms with van der Waals surface area (Å²) in [6.07, 6.45) is 10.9. The van der Waals surface area contributed by atoms with Gasteiger partial charge in [-0.05, 0) is 92.1 Å². The fourth-order valence-corrected chi connectivity index (χ4v) is 11.6. The molecule has 0 aromatic heterocycles. The van der Waals surface area contributed by atoms with Crippen molar-refractivity contribution in [3.63, 3.8) is 0 Å². The molecule has 8 aliphatic rings. The number of carbonyl (C=O) groups excluding carboxylic acids is 2. The summed E-state index contributed by atoms with van der Waals surface area (Å²) in [4.78, 5) is 27.1. The van der Waals surface area contributed by atoms with E-state index >= 15 is 0 Å². The second-order valence-electron chi connectivity index (χ2n) is 15.5. The second-order valence-corrected chi connectivity index (χ2v) is 15.5. The summed E-state index contributed by atoms with van der Waals surface area (Å²) >= 11 is 0. The molecule has 0 aliphatic heterocycles. The normalized spacial score (nSPS) is 53.1. The summed E-state index contributed by atoms with van der Waals surface area (Å²) < 4.78 is 6.56. The van der Waals surface area contributed by atoms with E-state index in [0.717, 1.165) is 19.3 Å². The van der Waals surface area contributed by atoms with Crippen LogP contribution < -0.4 is 5.73 Å². The first-order chi connectivity index (χ1) is 18.2. The van der Waals surface area contributed by atoms with E-state index in [-0.39, 0.29) is 42.0 Å². The van der Waals surface area contributed by atoms with Crippen LogP contribution in [0, 0.1) is 52.3 Å². The molecule has 5 N–H and O–H groups in total. The Hall–Kier alpha value is -1.54. The van der Waals surface area contributed by atoms with E-state index in [1.54, 1.807) is 13.0 Å². The third-order valence-corrected chi connectivity index (χ3v) is 13.2. The summed E-state index contributed by atoms with van der Waals surface area (Å²) in [6, 6.07) is -0.644. The topological polar surface area (TPSA) is 130 Å². The third kappa shape index (κ3) is 3.14. The molecule has 0 spiro atoms. The Morgan fingerprint density at radius 1 is 1.08 bits per heavy atom. The highest BCUT2D eigenvalue weighted by molar-refractivity contribution is 6.04. The van der Waals surface area contributed by atoms with Crippen molar-refractivity contribution >= 4 is 11.8 Å². The molecule has 0 saturated heterocycles. The van der Waals surface area contributed by atoms with Gasteiger partial charge in [0.25, 0.3) is 0 Å². The van der Waals surface area contributed by atoms with Gasteiger partial charge in [0.05, 0.1) is 12.2 Å². The monoisotopic (exact) mass is 539 g/mol. The molecule has 6 saturated carbocycles. The lowest BCUT2D eigenvalue weighted by atomic mass is 9.48. The second kappa shape index (κ2) is 7.84. The largest absolute Gasteiger partial charge is 0.457 e. The Labute approximate surface area is 231 Å². The standard InChI is InChI=1S/C32H45NO6/c1-16-5-23-30(37,26(16)35)14-21(15-34)9-22-24-28(3,4)31(24,10-17(2)32(22,23)38)39-27(36)25(33)29-11-18-6-19(12-29)8-20(7-18)13-29/h5,9,17-20,22-25,34,37-38H,6-8,10-15,33H2,1-4H3/t17-,18?,19?,20?,22+,23-,24+,25-,29?,30-,31+,32-/m1/s1. The Balaban J connectivity index is 1.22. The van der Waals surface area contributed by atoms with E-state index in [4.69, 9.17) is 10.5 Å². The molecule has 0 unspecified atom stereocenters. The minimum absolute atomic E-state index is 0.0107. The average Bonchev–Trinajstić information content (AvgIpc) is 3.26. The number of Topliss-reactive ketones (excluding diaryl/α,β-unsaturated/α-hetero) is 1. The van der Waals surface area contributed by atoms with Gasteiger partial charge in [-0.25, -0.2) is 0 Å². The first-order valence-corrected chi connectivity index (χ1v) is 15.2. The molecule has 0 aromatic rings. The van der Waals surface area contributed by atoms with Crippen LogP contribution in [0.3, 0.4) is 0 Å². The molecule has 0 heterocycles. The number of ketones is 1. The third-order valence-electron chi connectivity index (χ3n) is 13.2. The van der Waals surface area contributed by atoms with E-state index in [0.29, 0.717) is 35.3 Å². The van der Waals surface area contributed by atoms with Gasteiger partial charge in [-0.2, -0.15) is 0 Å². The lowest BCUT2D eigenvalue weighted by Crippen LogP contribution is -2.62. The maximum atomic E-state index is 13.9. The number of esters is 1. The fourth-order valence-electron chi connectivity index (χ4n) is 11.6. The van der Waals surface area contributed by atoms with Crippen LogP contribution in [0.5, 0.6) is 0 Å². The van der Waals surface area contributed by atoms with Crippen molar-refractivity contribution in [3.05, 3.63) is 23.3 Å². The summed E-state index contributed by atoms with van der Waals surface area (Å²) in [7, 11) is 0. The molecular formula is C32H45NO6. The summed E-state index contributed by atoms with van der Waals surface area (Å²) in [5.74, 6) is -0.520. The average molecular weight is 540 g/mol. The summed E-state index contributed by atoms with van der Waals surface area (Å²) in [6.45, 7) is 7.49. The van der Waals surface area contributed by atoms with E-state index in [2.05, 4.69) is 13.8 Å². The van der Waals surface area contributed by atoms with Crippen LogP contribution in [-0.2, 0) is 14.3 Å². The molecular weight excluding hydrogens is 494 g/mol. The van der Waals surface area contributed by atoms with Crippen molar-refractivity contribution in [2.45, 2.75) is 102 Å². The molecule has 0 aromatic carbocycles. The van der Waals surface area contributed by atoms with Crippen LogP contribution in [0.2, 0.25) is 0 Å². The molecule has 8 atom stereocenters. The van der Waals surface area contributed by atoms with Crippen LogP contribution in [0.15, 0.2) is 23.3 Å². The zero-order valence-corrected chi connectivity index (χ0v) is 23.8. The summed E-state index contributed by atoms with van der Waals surface area (Å²) in [5.41, 5.74) is 3.23. The van der Waals surface area contributed by atoms with Crippen LogP contribution >= 0.6 is 0 Å². The lowest BCUT2D eigenvalue weighted by molar-refractivity contribution is -0.191. The lowest BCUT2D eigenvalue weighted by Gasteiger charge is -2.58. The number of hydrogen-bond acceptors (Lipinski definition) is 7. The van der Waals surface area contributed by atoms with Gasteiger partial charge in [-0.3, -0.25) is 9.59 Å². The first kappa shape index (κ1) is 26.4. The summed E-state index contributed by atoms with van der Waals surface area (Å²) in [5, 5.41) is 34.4. The molecule has 4 bridgehead atoms. The van der Waals surface area contributed by atoms with E-state index in [1.807, 2.05) is 13.0 Å². The Morgan fingerprint density at radius 2 is 1.67 bits per heavy atom. The SMILES string of the molecule is CC1=C[C@H]2[C@@]3(O)[C@H](C)C[C@]4(OC(=O)[C@@H](N)C56CC7CC(CC(C7)C5)C6)[C@@H]([C@@H]3C=C(CO)C[C@]2(O)C1=O)C4(C)C. The van der Waals surface area contributed by atoms with Crippen molar-refractivity contribution < 1.29 is 29.6 Å². The van der Waals surface area contributed by atoms with Gasteiger partial charge in [0.2, 0.25) is 0 Å². The fraction of sp³-hybridized carbons (Fsp3) is 0.812. The minimum Gasteiger partial charge on any atom is -0.457 e. The molecule has 214 valence electrons. The van der Waals surface area contributed by atoms with Crippen LogP contribution in [0.4, 0.5) is 0 Å². The Bertz CT molecular complexity index is 1170. The van der Waals surface area contributed by atoms with Gasteiger partial charge in [-0.15, -0.1) is 0 Å². The van der Waals surface area contributed by atoms with Gasteiger partial charge in [0, 0.05) is 29.6 Å². The zero-order valence-electron chi connectivity index (χ0n) is 23.8. The molecule has 0 amide bonds. The molecule has 8 aliphatic carbocycles. The maximum absolute atomic E-state index is 13.9. The van der Waals surface area contributed by atoms with Crippen LogP contribution in [-0.4, -0.2) is 56.5 Å². The molecule has 39 heavy (non-hydrogen) atoms. The van der Waals surface area contributed by atoms with Gasteiger partial charge < -0.3 is 25.8 Å². The van der Waals surface area contributed by atoms with Gasteiger partial charge in [0.1, 0.15) is 17.2 Å². The minimum atomic E-state index is -1.78. The highest BCUT2D eigenvalue weighted by atomic mass is 16.6. The Kier molecular flexibility index (Phi) is 5.30. The number of aliphatic hydroxyl groups is 3. The number of hydrogen-bond donors (Lipinski definition) is 4. The maximum Gasteiger partial charge on any atom is 0.324 e. The highest BCUT2D eigenvalue weighted by Gasteiger charge is 2.83. The predicted molar refractivity (Wildman–Crippen MR) is 144 cm³/mol. The van der Waals surface area contributed by atoms with Gasteiger partial charge >= 0.3 is 5.97 Å². The van der Waals surface area contributed by atoms with Gasteiger partial charge in [0.15, 0.2) is 5.78 Å². The number of carbonyl (C=O) groups is 2. The van der Waals surface area contributed by atoms with Crippen molar-refractivity contribution in [3.8, 4) is 0 Å². The number of aliphatic hydroxyl groups excluding tert-OH is 1. The van der Waals surface area contributed by atoms with Crippen LogP contribution in [0.25, 0.3) is 0 Å². The van der Waals surface area contributed by atoms with Gasteiger partial charge in [-0.1, -0.05) is 32.9 Å². The van der Waals surface area contributed by atoms with E-state index in [9.17, 15) is 24.9 Å². The van der Waals surface area contributed by atoms with E-state index < -0.39 is 40.1 Å². The molecule has 7 nitrogen and oxygen atoms in total. The van der Waals surface area contributed by atoms with Crippen molar-refractivity contribution in [2.75, 3.05) is 6.61 Å². The van der Waals surface area contributed by atoms with Crippen molar-refractivity contribution in [1.29, 1.82) is 0 Å². The first-order valence-electron chi connectivity index (χ1n) is 15.2. The van der Waals surface area contributed by atoms with Crippen LogP contribution in [0.1, 0.15) is 79.1 Å². The Morgan fingerprint density at radius 3 is 2.23 bits per heavy atom. The predicted octanol–water partition coefficient (Wildman–Crippen LogP) is 3.05. The molecule has 8 rings (SSSR count). The smallest absolute Gasteiger partial charge is 0.324 e. The van der Waals surface area contributed by atoms with Crippen molar-refractivity contribution in [2.24, 2.45) is 58.0 Å². The quantitative estimate of drug-likeness (QED) is 0.319. The number of nitrogens with two attached hydrogens (primary N) is 1. The molecule has 0 radical (unpaired) electrons. The number of fused-ring (bicyclic) bond motifs is 5. The molecule has 7 heteroatoms. The highest BCUT2D eigenvalue weighted by Crippen LogP contribution is 2.76. The van der Waals surface area contributed by atoms with Crippen molar-refractivity contribution in [1.82, 2.24) is 0 Å². The zero-order chi connectivity index (χ0) is 27.9. The molecule has 6 fully saturated rings. The number of ether oxygens (including phenoxy) is 1. The van der Waals surface area contributed by atoms with E-state index in [1.165, 1.54) is 19.3 Å². The number of rotatable bonds is 4.